The van der Waals surface area contributed by atoms with Crippen LogP contribution in [-0.4, -0.2) is 19.7 Å². The Kier molecular flexibility index (Phi) is 6.93. The van der Waals surface area contributed by atoms with Crippen molar-refractivity contribution in [3.05, 3.63) is 29.3 Å². The Bertz CT molecular complexity index is 376. The summed E-state index contributed by atoms with van der Waals surface area (Å²) in [6.07, 6.45) is 3.56. The van der Waals surface area contributed by atoms with Gasteiger partial charge < -0.3 is 10.1 Å². The molecule has 0 saturated heterocycles. The highest BCUT2D eigenvalue weighted by molar-refractivity contribution is 5.37. The average Bonchev–Trinajstić information content (AvgIpc) is 2.39. The summed E-state index contributed by atoms with van der Waals surface area (Å²) in [4.78, 5) is 0. The topological polar surface area (TPSA) is 21.3 Å². The van der Waals surface area contributed by atoms with E-state index in [0.717, 1.165) is 18.7 Å². The number of aryl methyl sites for hydroxylation is 1. The number of rotatable bonds is 8. The van der Waals surface area contributed by atoms with Gasteiger partial charge in [-0.15, -0.1) is 0 Å². The summed E-state index contributed by atoms with van der Waals surface area (Å²) in [5.41, 5.74) is 2.62. The molecule has 2 nitrogen and oxygen atoms in total. The highest BCUT2D eigenvalue weighted by atomic mass is 16.5. The minimum atomic E-state index is 0.528. The van der Waals surface area contributed by atoms with Gasteiger partial charge in [0, 0.05) is 6.04 Å². The van der Waals surface area contributed by atoms with Crippen molar-refractivity contribution in [2.24, 2.45) is 5.92 Å². The van der Waals surface area contributed by atoms with Gasteiger partial charge in [0.25, 0.3) is 0 Å². The lowest BCUT2D eigenvalue weighted by atomic mass is 9.90. The summed E-state index contributed by atoms with van der Waals surface area (Å²) in [5, 5.41) is 3.63. The van der Waals surface area contributed by atoms with Gasteiger partial charge in [0.1, 0.15) is 5.75 Å². The minimum absolute atomic E-state index is 0.528. The maximum atomic E-state index is 5.49. The van der Waals surface area contributed by atoms with Crippen LogP contribution in [0.2, 0.25) is 0 Å². The summed E-state index contributed by atoms with van der Waals surface area (Å²) in [6.45, 7) is 9.94. The van der Waals surface area contributed by atoms with E-state index in [2.05, 4.69) is 51.2 Å². The van der Waals surface area contributed by atoms with E-state index < -0.39 is 0 Å². The van der Waals surface area contributed by atoms with Crippen LogP contribution < -0.4 is 10.1 Å². The van der Waals surface area contributed by atoms with Gasteiger partial charge in [0.05, 0.1) is 7.11 Å². The predicted molar refractivity (Wildman–Crippen MR) is 83.0 cm³/mol. The molecule has 1 aromatic carbocycles. The van der Waals surface area contributed by atoms with Crippen LogP contribution in [0, 0.1) is 12.8 Å². The van der Waals surface area contributed by atoms with Crippen LogP contribution >= 0.6 is 0 Å². The van der Waals surface area contributed by atoms with Crippen LogP contribution in [-0.2, 0) is 6.42 Å². The molecule has 0 amide bonds. The first kappa shape index (κ1) is 16.0. The normalized spacial score (nSPS) is 14.2. The molecule has 2 atom stereocenters. The van der Waals surface area contributed by atoms with E-state index in [0.29, 0.717) is 12.0 Å². The van der Waals surface area contributed by atoms with Crippen LogP contribution in [0.15, 0.2) is 18.2 Å². The van der Waals surface area contributed by atoms with Crippen LogP contribution in [0.4, 0.5) is 0 Å². The lowest BCUT2D eigenvalue weighted by Crippen LogP contribution is -2.36. The lowest BCUT2D eigenvalue weighted by molar-refractivity contribution is 0.350. The molecule has 1 rings (SSSR count). The van der Waals surface area contributed by atoms with Gasteiger partial charge >= 0.3 is 0 Å². The monoisotopic (exact) mass is 263 g/mol. The Morgan fingerprint density at radius 3 is 2.58 bits per heavy atom. The highest BCUT2D eigenvalue weighted by Gasteiger charge is 2.18. The zero-order valence-electron chi connectivity index (χ0n) is 13.1. The fourth-order valence-corrected chi connectivity index (χ4v) is 2.70. The third kappa shape index (κ3) is 4.87. The molecule has 0 fully saturated rings. The van der Waals surface area contributed by atoms with E-state index in [9.17, 15) is 0 Å². The largest absolute Gasteiger partial charge is 0.496 e. The molecular formula is C17H29NO. The molecule has 0 heterocycles. The molecule has 0 aliphatic heterocycles. The smallest absolute Gasteiger partial charge is 0.122 e. The third-order valence-electron chi connectivity index (χ3n) is 3.77. The van der Waals surface area contributed by atoms with E-state index >= 15 is 0 Å². The third-order valence-corrected chi connectivity index (χ3v) is 3.77. The van der Waals surface area contributed by atoms with E-state index in [1.165, 1.54) is 24.0 Å². The van der Waals surface area contributed by atoms with Crippen molar-refractivity contribution in [2.45, 2.75) is 53.0 Å². The van der Waals surface area contributed by atoms with Crippen LogP contribution in [0.5, 0.6) is 5.75 Å². The molecular weight excluding hydrogens is 234 g/mol. The van der Waals surface area contributed by atoms with Crippen LogP contribution in [0.1, 0.15) is 44.7 Å². The second kappa shape index (κ2) is 8.21. The van der Waals surface area contributed by atoms with Gasteiger partial charge in [0.15, 0.2) is 0 Å². The fraction of sp³-hybridized carbons (Fsp3) is 0.647. The number of hydrogen-bond donors (Lipinski definition) is 1. The summed E-state index contributed by atoms with van der Waals surface area (Å²) >= 11 is 0. The Labute approximate surface area is 118 Å². The molecule has 19 heavy (non-hydrogen) atoms. The van der Waals surface area contributed by atoms with Crippen molar-refractivity contribution in [3.8, 4) is 5.75 Å². The molecule has 0 aliphatic carbocycles. The number of benzene rings is 1. The van der Waals surface area contributed by atoms with Crippen molar-refractivity contribution in [1.29, 1.82) is 0 Å². The van der Waals surface area contributed by atoms with Gasteiger partial charge in [-0.25, -0.2) is 0 Å². The standard InChI is InChI=1S/C17H29NO/c1-6-8-14(4)16(18-7-2)12-15-11-13(3)9-10-17(15)19-5/h9-11,14,16,18H,6-8,12H2,1-5H3. The minimum Gasteiger partial charge on any atom is -0.496 e. The summed E-state index contributed by atoms with van der Waals surface area (Å²) in [6, 6.07) is 6.97. The molecule has 2 unspecified atom stereocenters. The van der Waals surface area contributed by atoms with E-state index in [4.69, 9.17) is 4.74 Å². The fourth-order valence-electron chi connectivity index (χ4n) is 2.70. The maximum Gasteiger partial charge on any atom is 0.122 e. The zero-order valence-corrected chi connectivity index (χ0v) is 13.1. The first-order chi connectivity index (χ1) is 9.12. The SMILES string of the molecule is CCCC(C)C(Cc1cc(C)ccc1OC)NCC. The lowest BCUT2D eigenvalue weighted by Gasteiger charge is -2.25. The van der Waals surface area contributed by atoms with Gasteiger partial charge in [-0.2, -0.15) is 0 Å². The Balaban J connectivity index is 2.85. The summed E-state index contributed by atoms with van der Waals surface area (Å²) in [5.74, 6) is 1.70. The zero-order chi connectivity index (χ0) is 14.3. The molecule has 1 aromatic rings. The number of hydrogen-bond acceptors (Lipinski definition) is 2. The van der Waals surface area contributed by atoms with Crippen molar-refractivity contribution >= 4 is 0 Å². The molecule has 0 spiro atoms. The van der Waals surface area contributed by atoms with Gasteiger partial charge in [-0.3, -0.25) is 0 Å². The summed E-state index contributed by atoms with van der Waals surface area (Å²) in [7, 11) is 1.76. The molecule has 108 valence electrons. The van der Waals surface area contributed by atoms with Crippen molar-refractivity contribution < 1.29 is 4.74 Å². The first-order valence-corrected chi connectivity index (χ1v) is 7.49. The molecule has 2 heteroatoms. The molecule has 0 aromatic heterocycles. The number of ether oxygens (including phenoxy) is 1. The Hall–Kier alpha value is -1.02. The first-order valence-electron chi connectivity index (χ1n) is 7.49. The molecule has 0 saturated carbocycles. The Morgan fingerprint density at radius 2 is 2.00 bits per heavy atom. The summed E-state index contributed by atoms with van der Waals surface area (Å²) < 4.78 is 5.49. The number of methoxy groups -OCH3 is 1. The van der Waals surface area contributed by atoms with Crippen molar-refractivity contribution in [3.63, 3.8) is 0 Å². The maximum absolute atomic E-state index is 5.49. The predicted octanol–water partition coefficient (Wildman–Crippen LogP) is 3.96. The number of nitrogens with one attached hydrogen (secondary N) is 1. The van der Waals surface area contributed by atoms with E-state index in [-0.39, 0.29) is 0 Å². The van der Waals surface area contributed by atoms with Crippen molar-refractivity contribution in [1.82, 2.24) is 5.32 Å². The van der Waals surface area contributed by atoms with Gasteiger partial charge in [0.2, 0.25) is 0 Å². The molecule has 0 aliphatic rings. The quantitative estimate of drug-likeness (QED) is 0.766. The second-order valence-corrected chi connectivity index (χ2v) is 5.45. The molecule has 0 radical (unpaired) electrons. The van der Waals surface area contributed by atoms with Gasteiger partial charge in [-0.1, -0.05) is 44.9 Å². The highest BCUT2D eigenvalue weighted by Crippen LogP contribution is 2.24. The second-order valence-electron chi connectivity index (χ2n) is 5.45. The molecule has 0 bridgehead atoms. The Morgan fingerprint density at radius 1 is 1.26 bits per heavy atom. The van der Waals surface area contributed by atoms with Crippen LogP contribution in [0.25, 0.3) is 0 Å². The molecule has 1 N–H and O–H groups in total. The number of likely N-dealkylation sites (N-methyl/N-ethyl adjacent to an activating group) is 1. The average molecular weight is 263 g/mol. The van der Waals surface area contributed by atoms with Crippen LogP contribution in [0.3, 0.4) is 0 Å². The van der Waals surface area contributed by atoms with Gasteiger partial charge in [-0.05, 0) is 43.9 Å². The van der Waals surface area contributed by atoms with Crippen molar-refractivity contribution in [2.75, 3.05) is 13.7 Å². The van der Waals surface area contributed by atoms with E-state index in [1.807, 2.05) is 0 Å². The van der Waals surface area contributed by atoms with E-state index in [1.54, 1.807) is 7.11 Å².